The molecule has 1 aliphatic rings. The van der Waals surface area contributed by atoms with Crippen LogP contribution in [-0.4, -0.2) is 31.1 Å². The Morgan fingerprint density at radius 3 is 2.30 bits per heavy atom. The highest BCUT2D eigenvalue weighted by atomic mass is 35.5. The van der Waals surface area contributed by atoms with Crippen LogP contribution in [0.4, 0.5) is 0 Å². The van der Waals surface area contributed by atoms with Crippen LogP contribution in [0.15, 0.2) is 58.3 Å². The maximum Gasteiger partial charge on any atom is 0.0406 e. The van der Waals surface area contributed by atoms with Crippen LogP contribution in [0.3, 0.4) is 0 Å². The third kappa shape index (κ3) is 6.56. The zero-order valence-corrected chi connectivity index (χ0v) is 19.1. The van der Waals surface area contributed by atoms with Gasteiger partial charge in [0.05, 0.1) is 0 Å². The normalized spacial score (nSPS) is 16.7. The van der Waals surface area contributed by atoms with Gasteiger partial charge in [-0.15, -0.1) is 24.8 Å². The van der Waals surface area contributed by atoms with Gasteiger partial charge < -0.3 is 5.32 Å². The van der Waals surface area contributed by atoms with Gasteiger partial charge in [-0.1, -0.05) is 61.8 Å². The van der Waals surface area contributed by atoms with Gasteiger partial charge in [-0.3, -0.25) is 4.90 Å². The first-order chi connectivity index (χ1) is 12.2. The van der Waals surface area contributed by atoms with Crippen molar-refractivity contribution in [1.29, 1.82) is 0 Å². The predicted molar refractivity (Wildman–Crippen MR) is 123 cm³/mol. The van der Waals surface area contributed by atoms with Crippen molar-refractivity contribution in [2.24, 2.45) is 5.92 Å². The molecule has 1 unspecified atom stereocenters. The van der Waals surface area contributed by atoms with Crippen molar-refractivity contribution in [3.05, 3.63) is 59.1 Å². The number of nitrogens with one attached hydrogen (secondary N) is 1. The highest BCUT2D eigenvalue weighted by Crippen LogP contribution is 2.39. The van der Waals surface area contributed by atoms with E-state index in [2.05, 4.69) is 60.5 Å². The van der Waals surface area contributed by atoms with Crippen LogP contribution in [0, 0.1) is 5.92 Å². The van der Waals surface area contributed by atoms with Gasteiger partial charge in [-0.2, -0.15) is 0 Å². The average Bonchev–Trinajstić information content (AvgIpc) is 2.66. The summed E-state index contributed by atoms with van der Waals surface area (Å²) in [6.45, 7) is 9.09. The van der Waals surface area contributed by atoms with Gasteiger partial charge in [-0.25, -0.2) is 0 Å². The zero-order valence-electron chi connectivity index (χ0n) is 15.9. The highest BCUT2D eigenvalue weighted by molar-refractivity contribution is 7.99. The number of hydrogen-bond acceptors (Lipinski definition) is 3. The second kappa shape index (κ2) is 12.2. The fourth-order valence-electron chi connectivity index (χ4n) is 3.49. The summed E-state index contributed by atoms with van der Waals surface area (Å²) in [5, 5.41) is 4.27. The minimum absolute atomic E-state index is 0. The maximum absolute atomic E-state index is 6.04. The standard InChI is InChI=1S/C21H27ClN2S.2ClH/c1-3-16(2)21(24-14-12-23-13-15-24)19-6-4-5-7-20(19)25-18-10-8-17(22)9-11-18;;/h4-11,16,21,23H,3,12-15H2,1-2H3;2*1H/t16?,21-;;/m1../s1. The van der Waals surface area contributed by atoms with Crippen LogP contribution >= 0.6 is 48.2 Å². The van der Waals surface area contributed by atoms with Crippen molar-refractivity contribution in [1.82, 2.24) is 10.2 Å². The number of rotatable bonds is 6. The summed E-state index contributed by atoms with van der Waals surface area (Å²) in [5.74, 6) is 0.630. The number of hydrogen-bond donors (Lipinski definition) is 1. The monoisotopic (exact) mass is 446 g/mol. The lowest BCUT2D eigenvalue weighted by Gasteiger charge is -2.39. The zero-order chi connectivity index (χ0) is 17.6. The van der Waals surface area contributed by atoms with E-state index in [1.54, 1.807) is 0 Å². The van der Waals surface area contributed by atoms with Crippen LogP contribution in [-0.2, 0) is 0 Å². The van der Waals surface area contributed by atoms with Crippen molar-refractivity contribution in [2.75, 3.05) is 26.2 Å². The van der Waals surface area contributed by atoms with E-state index in [1.807, 2.05) is 23.9 Å². The minimum atomic E-state index is 0. The maximum atomic E-state index is 6.04. The number of benzene rings is 2. The largest absolute Gasteiger partial charge is 0.314 e. The van der Waals surface area contributed by atoms with Crippen molar-refractivity contribution in [2.45, 2.75) is 36.1 Å². The van der Waals surface area contributed by atoms with Crippen LogP contribution in [0.1, 0.15) is 31.9 Å². The molecule has 1 aliphatic heterocycles. The van der Waals surface area contributed by atoms with Gasteiger partial charge in [0.25, 0.3) is 0 Å². The van der Waals surface area contributed by atoms with E-state index in [4.69, 9.17) is 11.6 Å². The molecule has 1 saturated heterocycles. The van der Waals surface area contributed by atoms with Gasteiger partial charge in [0, 0.05) is 47.0 Å². The third-order valence-corrected chi connectivity index (χ3v) is 6.36. The second-order valence-corrected chi connectivity index (χ2v) is 8.26. The van der Waals surface area contributed by atoms with E-state index in [9.17, 15) is 0 Å². The van der Waals surface area contributed by atoms with E-state index in [0.717, 1.165) is 31.2 Å². The Hall–Kier alpha value is -0.420. The van der Waals surface area contributed by atoms with Crippen molar-refractivity contribution >= 4 is 48.2 Å². The first kappa shape index (κ1) is 24.6. The quantitative estimate of drug-likeness (QED) is 0.557. The molecule has 2 nitrogen and oxygen atoms in total. The summed E-state index contributed by atoms with van der Waals surface area (Å²) in [5.41, 5.74) is 1.46. The molecule has 0 aromatic heterocycles. The molecule has 6 heteroatoms. The minimum Gasteiger partial charge on any atom is -0.314 e. The summed E-state index contributed by atoms with van der Waals surface area (Å²) >= 11 is 7.88. The molecule has 0 amide bonds. The first-order valence-corrected chi connectivity index (χ1v) is 10.4. The average molecular weight is 448 g/mol. The smallest absolute Gasteiger partial charge is 0.0406 e. The summed E-state index contributed by atoms with van der Waals surface area (Å²) in [4.78, 5) is 5.25. The second-order valence-electron chi connectivity index (χ2n) is 6.71. The molecule has 1 N–H and O–H groups in total. The molecule has 150 valence electrons. The number of halogens is 3. The molecule has 27 heavy (non-hydrogen) atoms. The Balaban J connectivity index is 0.00000182. The number of piperazine rings is 1. The summed E-state index contributed by atoms with van der Waals surface area (Å²) in [7, 11) is 0. The topological polar surface area (TPSA) is 15.3 Å². The predicted octanol–water partition coefficient (Wildman–Crippen LogP) is 6.33. The van der Waals surface area contributed by atoms with Crippen LogP contribution in [0.2, 0.25) is 5.02 Å². The van der Waals surface area contributed by atoms with Gasteiger partial charge in [0.2, 0.25) is 0 Å². The number of nitrogens with zero attached hydrogens (tertiary/aromatic N) is 1. The van der Waals surface area contributed by atoms with Crippen molar-refractivity contribution in [3.63, 3.8) is 0 Å². The first-order valence-electron chi connectivity index (χ1n) is 9.16. The molecule has 0 aliphatic carbocycles. The van der Waals surface area contributed by atoms with Gasteiger partial charge in [0.1, 0.15) is 0 Å². The molecule has 3 rings (SSSR count). The van der Waals surface area contributed by atoms with Gasteiger partial charge in [-0.05, 0) is 41.8 Å². The Morgan fingerprint density at radius 1 is 1.04 bits per heavy atom. The summed E-state index contributed by atoms with van der Waals surface area (Å²) < 4.78 is 0. The summed E-state index contributed by atoms with van der Waals surface area (Å²) in [6.07, 6.45) is 1.19. The molecule has 0 spiro atoms. The lowest BCUT2D eigenvalue weighted by Crippen LogP contribution is -2.46. The van der Waals surface area contributed by atoms with E-state index in [-0.39, 0.29) is 24.8 Å². The van der Waals surface area contributed by atoms with Crippen molar-refractivity contribution in [3.8, 4) is 0 Å². The lowest BCUT2D eigenvalue weighted by molar-refractivity contribution is 0.126. The Morgan fingerprint density at radius 2 is 1.67 bits per heavy atom. The molecule has 0 bridgehead atoms. The molecular formula is C21H29Cl3N2S. The summed E-state index contributed by atoms with van der Waals surface area (Å²) in [6, 6.07) is 17.5. The highest BCUT2D eigenvalue weighted by Gasteiger charge is 2.28. The van der Waals surface area contributed by atoms with E-state index in [0.29, 0.717) is 12.0 Å². The van der Waals surface area contributed by atoms with E-state index < -0.39 is 0 Å². The van der Waals surface area contributed by atoms with Gasteiger partial charge >= 0.3 is 0 Å². The Labute approximate surface area is 185 Å². The van der Waals surface area contributed by atoms with Gasteiger partial charge in [0.15, 0.2) is 0 Å². The fourth-order valence-corrected chi connectivity index (χ4v) is 4.60. The van der Waals surface area contributed by atoms with E-state index >= 15 is 0 Å². The van der Waals surface area contributed by atoms with Crippen LogP contribution < -0.4 is 5.32 Å². The molecule has 0 saturated carbocycles. The van der Waals surface area contributed by atoms with E-state index in [1.165, 1.54) is 21.8 Å². The lowest BCUT2D eigenvalue weighted by atomic mass is 9.90. The Bertz CT molecular complexity index is 675. The Kier molecular flexibility index (Phi) is 11.1. The molecule has 0 radical (unpaired) electrons. The molecule has 2 atom stereocenters. The fraction of sp³-hybridized carbons (Fsp3) is 0.429. The molecular weight excluding hydrogens is 419 g/mol. The molecule has 2 aromatic carbocycles. The van der Waals surface area contributed by atoms with Crippen molar-refractivity contribution < 1.29 is 0 Å². The SMILES string of the molecule is CCC(C)[C@H](c1ccccc1Sc1ccc(Cl)cc1)N1CCNCC1.Cl.Cl. The molecule has 1 fully saturated rings. The molecule has 1 heterocycles. The van der Waals surface area contributed by atoms with Crippen LogP contribution in [0.5, 0.6) is 0 Å². The molecule has 2 aromatic rings. The van der Waals surface area contributed by atoms with Crippen LogP contribution in [0.25, 0.3) is 0 Å². The third-order valence-electron chi connectivity index (χ3n) is 5.01.